The molecule has 1 aromatic carbocycles. The van der Waals surface area contributed by atoms with Crippen molar-refractivity contribution >= 4 is 26.9 Å². The quantitative estimate of drug-likeness (QED) is 0.664. The first-order chi connectivity index (χ1) is 13.2. The minimum atomic E-state index is -3.30. The minimum Gasteiger partial charge on any atom is -0.380 e. The van der Waals surface area contributed by atoms with Gasteiger partial charge in [0.2, 0.25) is 0 Å². The van der Waals surface area contributed by atoms with Crippen LogP contribution in [0.15, 0.2) is 47.6 Å². The number of nitrogens with one attached hydrogen (secondary N) is 1. The normalized spacial score (nSPS) is 15.5. The van der Waals surface area contributed by atoms with Gasteiger partial charge in [0.15, 0.2) is 9.84 Å². The number of hydrogen-bond acceptors (Lipinski definition) is 5. The molecule has 0 radical (unpaired) electrons. The average molecular weight is 398 g/mol. The summed E-state index contributed by atoms with van der Waals surface area (Å²) in [7, 11) is -3.30. The summed E-state index contributed by atoms with van der Waals surface area (Å²) in [6.45, 7) is 2.10. The molecule has 0 spiro atoms. The number of nitrogens with zero attached hydrogens (tertiary/aromatic N) is 2. The van der Waals surface area contributed by atoms with Crippen LogP contribution in [-0.2, 0) is 9.84 Å². The van der Waals surface area contributed by atoms with Crippen LogP contribution in [0.25, 0.3) is 16.6 Å². The summed E-state index contributed by atoms with van der Waals surface area (Å²) >= 11 is 0. The van der Waals surface area contributed by atoms with Gasteiger partial charge in [-0.1, -0.05) is 12.1 Å². The maximum atomic E-state index is 11.9. The van der Waals surface area contributed by atoms with Gasteiger partial charge in [-0.2, -0.15) is 5.10 Å². The highest BCUT2D eigenvalue weighted by Crippen LogP contribution is 2.36. The zero-order chi connectivity index (χ0) is 20.1. The molecule has 1 aliphatic carbocycles. The lowest BCUT2D eigenvalue weighted by atomic mass is 10.1. The third-order valence-electron chi connectivity index (χ3n) is 5.20. The Bertz CT molecular complexity index is 1180. The summed E-state index contributed by atoms with van der Waals surface area (Å²) in [4.78, 5) is 12.2. The van der Waals surface area contributed by atoms with Gasteiger partial charge in [0, 0.05) is 24.1 Å². The third-order valence-corrected chi connectivity index (χ3v) is 6.31. The van der Waals surface area contributed by atoms with Crippen LogP contribution in [0, 0.1) is 5.92 Å². The topological polar surface area (TPSA) is 107 Å². The SMILES string of the molecule is C[C@@H](Nc1c(C(N)=O)cnn2cc(-c3cccc(S(C)(=O)=O)c3)cc12)C1CC1. The van der Waals surface area contributed by atoms with E-state index in [2.05, 4.69) is 17.3 Å². The van der Waals surface area contributed by atoms with Gasteiger partial charge in [0.05, 0.1) is 27.9 Å². The molecule has 2 aromatic heterocycles. The number of nitrogens with two attached hydrogens (primary N) is 1. The molecule has 0 bridgehead atoms. The Kier molecular flexibility index (Phi) is 4.38. The molecule has 4 rings (SSSR count). The molecule has 1 atom stereocenters. The minimum absolute atomic E-state index is 0.219. The predicted octanol–water partition coefficient (Wildman–Crippen LogP) is 2.71. The molecule has 1 fully saturated rings. The molecule has 1 saturated carbocycles. The van der Waals surface area contributed by atoms with Gasteiger partial charge in [-0.3, -0.25) is 4.79 Å². The fraction of sp³-hybridized carbons (Fsp3) is 0.300. The van der Waals surface area contributed by atoms with Crippen molar-refractivity contribution in [2.45, 2.75) is 30.7 Å². The maximum absolute atomic E-state index is 11.9. The number of sulfone groups is 1. The maximum Gasteiger partial charge on any atom is 0.252 e. The Labute approximate surface area is 163 Å². The highest BCUT2D eigenvalue weighted by atomic mass is 32.2. The van der Waals surface area contributed by atoms with E-state index in [0.29, 0.717) is 17.2 Å². The van der Waals surface area contributed by atoms with Crippen molar-refractivity contribution in [3.63, 3.8) is 0 Å². The standard InChI is InChI=1S/C20H22N4O3S/c1-12(13-6-7-13)23-19-17(20(21)25)10-22-24-11-15(9-18(19)24)14-4-3-5-16(8-14)28(2,26)27/h3-5,8-13,23H,6-7H2,1-2H3,(H2,21,25)/t12-/m1/s1. The monoisotopic (exact) mass is 398 g/mol. The number of carbonyl (C=O) groups is 1. The zero-order valence-electron chi connectivity index (χ0n) is 15.7. The van der Waals surface area contributed by atoms with Crippen LogP contribution in [0.2, 0.25) is 0 Å². The van der Waals surface area contributed by atoms with E-state index in [0.717, 1.165) is 16.6 Å². The van der Waals surface area contributed by atoms with Crippen molar-refractivity contribution in [2.24, 2.45) is 11.7 Å². The van der Waals surface area contributed by atoms with E-state index in [1.54, 1.807) is 22.7 Å². The molecule has 2 heterocycles. The fourth-order valence-electron chi connectivity index (χ4n) is 3.40. The number of benzene rings is 1. The van der Waals surface area contributed by atoms with E-state index in [4.69, 9.17) is 5.73 Å². The van der Waals surface area contributed by atoms with Gasteiger partial charge in [0.25, 0.3) is 5.91 Å². The largest absolute Gasteiger partial charge is 0.380 e. The van der Waals surface area contributed by atoms with Crippen LogP contribution < -0.4 is 11.1 Å². The van der Waals surface area contributed by atoms with Gasteiger partial charge < -0.3 is 11.1 Å². The van der Waals surface area contributed by atoms with Crippen molar-refractivity contribution in [2.75, 3.05) is 11.6 Å². The lowest BCUT2D eigenvalue weighted by Gasteiger charge is -2.17. The summed E-state index contributed by atoms with van der Waals surface area (Å²) in [5, 5.41) is 7.75. The van der Waals surface area contributed by atoms with E-state index in [9.17, 15) is 13.2 Å². The molecule has 7 nitrogen and oxygen atoms in total. The number of carbonyl (C=O) groups excluding carboxylic acids is 1. The van der Waals surface area contributed by atoms with Gasteiger partial charge in [-0.15, -0.1) is 0 Å². The number of fused-ring (bicyclic) bond motifs is 1. The molecule has 8 heteroatoms. The van der Waals surface area contributed by atoms with Gasteiger partial charge in [-0.25, -0.2) is 12.9 Å². The molecule has 0 unspecified atom stereocenters. The number of hydrogen-bond donors (Lipinski definition) is 2. The van der Waals surface area contributed by atoms with E-state index >= 15 is 0 Å². The lowest BCUT2D eigenvalue weighted by Crippen LogP contribution is -2.22. The van der Waals surface area contributed by atoms with Gasteiger partial charge >= 0.3 is 0 Å². The molecule has 146 valence electrons. The number of amides is 1. The molecule has 3 aromatic rings. The van der Waals surface area contributed by atoms with Crippen LogP contribution in [0.5, 0.6) is 0 Å². The van der Waals surface area contributed by atoms with Crippen LogP contribution in [0.4, 0.5) is 5.69 Å². The fourth-order valence-corrected chi connectivity index (χ4v) is 4.07. The second kappa shape index (κ2) is 6.63. The second-order valence-corrected chi connectivity index (χ2v) is 9.44. The first-order valence-electron chi connectivity index (χ1n) is 9.12. The molecule has 1 amide bonds. The first-order valence-corrected chi connectivity index (χ1v) is 11.0. The van der Waals surface area contributed by atoms with Crippen LogP contribution >= 0.6 is 0 Å². The zero-order valence-corrected chi connectivity index (χ0v) is 16.5. The van der Waals surface area contributed by atoms with E-state index < -0.39 is 15.7 Å². The average Bonchev–Trinajstić information content (AvgIpc) is 3.40. The smallest absolute Gasteiger partial charge is 0.252 e. The molecular formula is C20H22N4O3S. The summed E-state index contributed by atoms with van der Waals surface area (Å²) in [5.74, 6) is 0.0529. The van der Waals surface area contributed by atoms with E-state index in [-0.39, 0.29) is 10.9 Å². The second-order valence-electron chi connectivity index (χ2n) is 7.43. The molecule has 28 heavy (non-hydrogen) atoms. The van der Waals surface area contributed by atoms with Gasteiger partial charge in [-0.05, 0) is 49.4 Å². The number of primary amides is 1. The Morgan fingerprint density at radius 1 is 1.29 bits per heavy atom. The Morgan fingerprint density at radius 2 is 2.04 bits per heavy atom. The number of rotatable bonds is 6. The molecule has 0 aliphatic heterocycles. The van der Waals surface area contributed by atoms with E-state index in [1.165, 1.54) is 25.3 Å². The van der Waals surface area contributed by atoms with Gasteiger partial charge in [0.1, 0.15) is 0 Å². The van der Waals surface area contributed by atoms with Crippen molar-refractivity contribution in [1.29, 1.82) is 0 Å². The first kappa shape index (κ1) is 18.5. The third kappa shape index (κ3) is 3.47. The summed E-state index contributed by atoms with van der Waals surface area (Å²) in [6, 6.07) is 8.88. The number of anilines is 1. The molecule has 0 saturated heterocycles. The van der Waals surface area contributed by atoms with Crippen LogP contribution in [-0.4, -0.2) is 36.2 Å². The van der Waals surface area contributed by atoms with E-state index in [1.807, 2.05) is 18.3 Å². The summed E-state index contributed by atoms with van der Waals surface area (Å²) in [5.41, 5.74) is 8.86. The Morgan fingerprint density at radius 3 is 2.68 bits per heavy atom. The van der Waals surface area contributed by atoms with Crippen LogP contribution in [0.1, 0.15) is 30.1 Å². The molecule has 1 aliphatic rings. The molecule has 3 N–H and O–H groups in total. The Balaban J connectivity index is 1.83. The predicted molar refractivity (Wildman–Crippen MR) is 108 cm³/mol. The van der Waals surface area contributed by atoms with Crippen molar-refractivity contribution in [1.82, 2.24) is 9.61 Å². The van der Waals surface area contributed by atoms with Crippen molar-refractivity contribution in [3.05, 3.63) is 48.3 Å². The van der Waals surface area contributed by atoms with Crippen molar-refractivity contribution in [3.8, 4) is 11.1 Å². The lowest BCUT2D eigenvalue weighted by molar-refractivity contribution is 0.100. The van der Waals surface area contributed by atoms with Crippen molar-refractivity contribution < 1.29 is 13.2 Å². The summed E-state index contributed by atoms with van der Waals surface area (Å²) in [6.07, 6.45) is 6.81. The Hall–Kier alpha value is -2.87. The number of aromatic nitrogens is 2. The molecular weight excluding hydrogens is 376 g/mol. The van der Waals surface area contributed by atoms with Crippen LogP contribution in [0.3, 0.4) is 0 Å². The summed E-state index contributed by atoms with van der Waals surface area (Å²) < 4.78 is 25.4. The highest BCUT2D eigenvalue weighted by Gasteiger charge is 2.29. The highest BCUT2D eigenvalue weighted by molar-refractivity contribution is 7.90.